The highest BCUT2D eigenvalue weighted by atomic mass is 19.1. The molecule has 0 saturated carbocycles. The Kier molecular flexibility index (Phi) is 3.61. The molecular weight excluding hydrogens is 305 g/mol. The molecule has 1 heterocycles. The van der Waals surface area contributed by atoms with Crippen LogP contribution in [0.1, 0.15) is 29.2 Å². The van der Waals surface area contributed by atoms with Crippen molar-refractivity contribution in [3.8, 4) is 0 Å². The average molecular weight is 321 g/mol. The van der Waals surface area contributed by atoms with Crippen LogP contribution in [0.15, 0.2) is 48.7 Å². The van der Waals surface area contributed by atoms with Gasteiger partial charge in [0.2, 0.25) is 5.91 Å². The molecule has 1 aromatic heterocycles. The average Bonchev–Trinajstić information content (AvgIpc) is 3.19. The summed E-state index contributed by atoms with van der Waals surface area (Å²) in [5.41, 5.74) is 3.84. The zero-order valence-corrected chi connectivity index (χ0v) is 12.9. The van der Waals surface area contributed by atoms with Crippen LogP contribution in [0.4, 0.5) is 4.39 Å². The number of fused-ring (bicyclic) bond motifs is 2. The van der Waals surface area contributed by atoms with E-state index in [1.54, 1.807) is 18.3 Å². The number of nitrogens with zero attached hydrogens (tertiary/aromatic N) is 1. The lowest BCUT2D eigenvalue weighted by Gasteiger charge is -2.12. The van der Waals surface area contributed by atoms with E-state index in [1.807, 2.05) is 18.2 Å². The van der Waals surface area contributed by atoms with E-state index in [4.69, 9.17) is 0 Å². The molecule has 1 unspecified atom stereocenters. The third kappa shape index (κ3) is 2.80. The Morgan fingerprint density at radius 1 is 1.29 bits per heavy atom. The van der Waals surface area contributed by atoms with Crippen LogP contribution < -0.4 is 5.32 Å². The van der Waals surface area contributed by atoms with Crippen LogP contribution in [-0.4, -0.2) is 16.1 Å². The number of rotatable bonds is 3. The summed E-state index contributed by atoms with van der Waals surface area (Å²) in [5, 5.41) is 10.9. The van der Waals surface area contributed by atoms with E-state index in [0.717, 1.165) is 40.4 Å². The monoisotopic (exact) mass is 321 g/mol. The predicted octanol–water partition coefficient (Wildman–Crippen LogP) is 3.52. The van der Waals surface area contributed by atoms with E-state index in [9.17, 15) is 9.18 Å². The summed E-state index contributed by atoms with van der Waals surface area (Å²) in [6, 6.07) is 10.5. The normalized spacial score (nSPS) is 16.6. The van der Waals surface area contributed by atoms with Crippen LogP contribution in [0, 0.1) is 5.82 Å². The number of aromatic amines is 1. The van der Waals surface area contributed by atoms with Crippen LogP contribution in [0.2, 0.25) is 0 Å². The second-order valence-electron chi connectivity index (χ2n) is 5.99. The SMILES string of the molecule is O=C(/C=C/c1ccc2cn[nH]c2c1)NC1CCc2ccc(F)cc21. The molecule has 120 valence electrons. The van der Waals surface area contributed by atoms with Crippen LogP contribution in [-0.2, 0) is 11.2 Å². The van der Waals surface area contributed by atoms with Crippen LogP contribution >= 0.6 is 0 Å². The van der Waals surface area contributed by atoms with Gasteiger partial charge in [-0.2, -0.15) is 5.10 Å². The molecule has 2 aromatic carbocycles. The van der Waals surface area contributed by atoms with E-state index in [0.29, 0.717) is 0 Å². The van der Waals surface area contributed by atoms with Crippen LogP contribution in [0.5, 0.6) is 0 Å². The Hall–Kier alpha value is -2.95. The Morgan fingerprint density at radius 3 is 3.12 bits per heavy atom. The van der Waals surface area contributed by atoms with Gasteiger partial charge in [0, 0.05) is 11.5 Å². The third-order valence-electron chi connectivity index (χ3n) is 4.40. The molecular formula is C19H16FN3O. The van der Waals surface area contributed by atoms with E-state index in [2.05, 4.69) is 15.5 Å². The Bertz CT molecular complexity index is 945. The number of halogens is 1. The van der Waals surface area contributed by atoms with Gasteiger partial charge in [0.1, 0.15) is 5.82 Å². The number of aryl methyl sites for hydroxylation is 1. The van der Waals surface area contributed by atoms with Crippen LogP contribution in [0.3, 0.4) is 0 Å². The second kappa shape index (κ2) is 5.92. The van der Waals surface area contributed by atoms with Crippen molar-refractivity contribution in [3.05, 3.63) is 71.2 Å². The molecule has 5 heteroatoms. The van der Waals surface area contributed by atoms with Crippen molar-refractivity contribution in [2.45, 2.75) is 18.9 Å². The first kappa shape index (κ1) is 14.6. The molecule has 0 spiro atoms. The molecule has 1 amide bonds. The highest BCUT2D eigenvalue weighted by Gasteiger charge is 2.23. The standard InChI is InChI=1S/C19H16FN3O/c20-15-6-4-13-5-7-17(16(13)10-15)22-19(24)8-2-12-1-3-14-11-21-23-18(14)9-12/h1-4,6,8-11,17H,5,7H2,(H,21,23)(H,22,24)/b8-2+. The van der Waals surface area contributed by atoms with Crippen molar-refractivity contribution in [2.75, 3.05) is 0 Å². The minimum absolute atomic E-state index is 0.122. The van der Waals surface area contributed by atoms with Gasteiger partial charge in [0.15, 0.2) is 0 Å². The summed E-state index contributed by atoms with van der Waals surface area (Å²) < 4.78 is 13.4. The Balaban J connectivity index is 1.46. The molecule has 4 nitrogen and oxygen atoms in total. The number of hydrogen-bond acceptors (Lipinski definition) is 2. The topological polar surface area (TPSA) is 57.8 Å². The predicted molar refractivity (Wildman–Crippen MR) is 90.7 cm³/mol. The van der Waals surface area contributed by atoms with Gasteiger partial charge in [-0.25, -0.2) is 4.39 Å². The second-order valence-corrected chi connectivity index (χ2v) is 5.99. The first-order chi connectivity index (χ1) is 11.7. The lowest BCUT2D eigenvalue weighted by molar-refractivity contribution is -0.117. The largest absolute Gasteiger partial charge is 0.346 e. The maximum atomic E-state index is 13.4. The van der Waals surface area contributed by atoms with Gasteiger partial charge in [0.05, 0.1) is 17.8 Å². The molecule has 0 fully saturated rings. The summed E-state index contributed by atoms with van der Waals surface area (Å²) in [6.07, 6.45) is 6.69. The summed E-state index contributed by atoms with van der Waals surface area (Å²) in [4.78, 5) is 12.2. The van der Waals surface area contributed by atoms with E-state index in [-0.39, 0.29) is 17.8 Å². The first-order valence-electron chi connectivity index (χ1n) is 7.89. The van der Waals surface area contributed by atoms with Crippen molar-refractivity contribution >= 4 is 22.9 Å². The van der Waals surface area contributed by atoms with E-state index in [1.165, 1.54) is 18.2 Å². The minimum atomic E-state index is -0.265. The molecule has 3 aromatic rings. The summed E-state index contributed by atoms with van der Waals surface area (Å²) in [7, 11) is 0. The molecule has 2 N–H and O–H groups in total. The molecule has 1 aliphatic rings. The zero-order chi connectivity index (χ0) is 16.5. The Labute approximate surface area is 138 Å². The summed E-state index contributed by atoms with van der Waals surface area (Å²) >= 11 is 0. The number of carbonyl (C=O) groups excluding carboxylic acids is 1. The lowest BCUT2D eigenvalue weighted by Crippen LogP contribution is -2.25. The number of hydrogen-bond donors (Lipinski definition) is 2. The highest BCUT2D eigenvalue weighted by Crippen LogP contribution is 2.31. The van der Waals surface area contributed by atoms with Gasteiger partial charge in [-0.1, -0.05) is 18.2 Å². The Morgan fingerprint density at radius 2 is 2.21 bits per heavy atom. The van der Waals surface area contributed by atoms with Gasteiger partial charge in [0.25, 0.3) is 0 Å². The fourth-order valence-electron chi connectivity index (χ4n) is 3.17. The molecule has 24 heavy (non-hydrogen) atoms. The quantitative estimate of drug-likeness (QED) is 0.725. The molecule has 0 aliphatic heterocycles. The highest BCUT2D eigenvalue weighted by molar-refractivity contribution is 5.92. The minimum Gasteiger partial charge on any atom is -0.346 e. The number of nitrogens with one attached hydrogen (secondary N) is 2. The third-order valence-corrected chi connectivity index (χ3v) is 4.40. The summed E-state index contributed by atoms with van der Waals surface area (Å²) in [5.74, 6) is -0.444. The number of carbonyl (C=O) groups is 1. The molecule has 1 atom stereocenters. The van der Waals surface area contributed by atoms with Gasteiger partial charge >= 0.3 is 0 Å². The maximum absolute atomic E-state index is 13.4. The lowest BCUT2D eigenvalue weighted by atomic mass is 10.1. The number of aromatic nitrogens is 2. The number of amides is 1. The van der Waals surface area contributed by atoms with Crippen molar-refractivity contribution in [2.24, 2.45) is 0 Å². The molecule has 4 rings (SSSR count). The molecule has 0 saturated heterocycles. The van der Waals surface area contributed by atoms with Gasteiger partial charge in [-0.05, 0) is 53.8 Å². The van der Waals surface area contributed by atoms with E-state index >= 15 is 0 Å². The smallest absolute Gasteiger partial charge is 0.244 e. The number of H-pyrrole nitrogens is 1. The van der Waals surface area contributed by atoms with Gasteiger partial charge in [-0.3, -0.25) is 9.89 Å². The molecule has 0 radical (unpaired) electrons. The fourth-order valence-corrected chi connectivity index (χ4v) is 3.17. The van der Waals surface area contributed by atoms with Crippen molar-refractivity contribution in [1.82, 2.24) is 15.5 Å². The zero-order valence-electron chi connectivity index (χ0n) is 12.9. The summed E-state index contributed by atoms with van der Waals surface area (Å²) in [6.45, 7) is 0. The fraction of sp³-hybridized carbons (Fsp3) is 0.158. The van der Waals surface area contributed by atoms with Crippen molar-refractivity contribution in [3.63, 3.8) is 0 Å². The molecule has 1 aliphatic carbocycles. The maximum Gasteiger partial charge on any atom is 0.244 e. The van der Waals surface area contributed by atoms with Gasteiger partial charge < -0.3 is 5.32 Å². The first-order valence-corrected chi connectivity index (χ1v) is 7.89. The van der Waals surface area contributed by atoms with Gasteiger partial charge in [-0.15, -0.1) is 0 Å². The number of benzene rings is 2. The molecule has 0 bridgehead atoms. The van der Waals surface area contributed by atoms with Crippen LogP contribution in [0.25, 0.3) is 17.0 Å². The van der Waals surface area contributed by atoms with Crippen molar-refractivity contribution < 1.29 is 9.18 Å². The van der Waals surface area contributed by atoms with E-state index < -0.39 is 0 Å². The van der Waals surface area contributed by atoms with Crippen molar-refractivity contribution in [1.29, 1.82) is 0 Å².